The Morgan fingerprint density at radius 2 is 1.10 bits per heavy atom. The minimum atomic E-state index is 0.204. The average Bonchev–Trinajstić information content (AvgIpc) is 2.76. The molecule has 0 aliphatic rings. The number of ether oxygens (including phenoxy) is 3. The molecular formula is C24H34O5. The van der Waals surface area contributed by atoms with E-state index >= 15 is 0 Å². The first-order chi connectivity index (χ1) is 14.2. The number of aryl methyl sites for hydroxylation is 2. The topological polar surface area (TPSA) is 68.2 Å². The maximum atomic E-state index is 9.02. The lowest BCUT2D eigenvalue weighted by molar-refractivity contribution is 0.139. The van der Waals surface area contributed by atoms with Gasteiger partial charge in [-0.05, 0) is 72.9 Å². The highest BCUT2D eigenvalue weighted by Crippen LogP contribution is 2.23. The molecule has 0 saturated heterocycles. The first kappa shape index (κ1) is 23.2. The average molecular weight is 403 g/mol. The maximum Gasteiger partial charge on any atom is 0.122 e. The summed E-state index contributed by atoms with van der Waals surface area (Å²) >= 11 is 0. The fourth-order valence-corrected chi connectivity index (χ4v) is 3.40. The van der Waals surface area contributed by atoms with Crippen LogP contribution in [0.25, 0.3) is 0 Å². The van der Waals surface area contributed by atoms with Crippen LogP contribution in [0.2, 0.25) is 0 Å². The van der Waals surface area contributed by atoms with Gasteiger partial charge in [0.25, 0.3) is 0 Å². The number of aliphatic hydroxyl groups is 2. The first-order valence-electron chi connectivity index (χ1n) is 10.3. The lowest BCUT2D eigenvalue weighted by Gasteiger charge is -2.13. The van der Waals surface area contributed by atoms with E-state index in [1.165, 1.54) is 11.1 Å². The van der Waals surface area contributed by atoms with Crippen molar-refractivity contribution in [1.82, 2.24) is 0 Å². The molecule has 0 aliphatic carbocycles. The van der Waals surface area contributed by atoms with Crippen molar-refractivity contribution >= 4 is 0 Å². The predicted molar refractivity (Wildman–Crippen MR) is 115 cm³/mol. The van der Waals surface area contributed by atoms with Crippen LogP contribution in [0.3, 0.4) is 0 Å². The number of aliphatic hydroxyl groups excluding tert-OH is 2. The molecule has 160 valence electrons. The van der Waals surface area contributed by atoms with Crippen molar-refractivity contribution in [3.8, 4) is 11.5 Å². The number of hydrogen-bond donors (Lipinski definition) is 2. The molecule has 0 unspecified atom stereocenters. The van der Waals surface area contributed by atoms with Crippen LogP contribution in [0.4, 0.5) is 0 Å². The van der Waals surface area contributed by atoms with E-state index in [2.05, 4.69) is 24.3 Å². The van der Waals surface area contributed by atoms with Gasteiger partial charge in [-0.25, -0.2) is 0 Å². The third-order valence-corrected chi connectivity index (χ3v) is 4.97. The lowest BCUT2D eigenvalue weighted by atomic mass is 10.0. The monoisotopic (exact) mass is 402 g/mol. The van der Waals surface area contributed by atoms with Crippen LogP contribution in [-0.4, -0.2) is 50.9 Å². The molecule has 0 heterocycles. The third-order valence-electron chi connectivity index (χ3n) is 4.97. The Morgan fingerprint density at radius 3 is 1.48 bits per heavy atom. The van der Waals surface area contributed by atoms with Gasteiger partial charge in [-0.2, -0.15) is 0 Å². The Bertz CT molecular complexity index is 668. The van der Waals surface area contributed by atoms with Crippen LogP contribution in [0.1, 0.15) is 35.1 Å². The Balaban J connectivity index is 1.86. The molecule has 2 aromatic carbocycles. The summed E-state index contributed by atoms with van der Waals surface area (Å²) in [5.74, 6) is 1.75. The van der Waals surface area contributed by atoms with E-state index in [1.807, 2.05) is 12.1 Å². The summed E-state index contributed by atoms with van der Waals surface area (Å²) < 4.78 is 16.8. The zero-order chi connectivity index (χ0) is 20.9. The van der Waals surface area contributed by atoms with Crippen molar-refractivity contribution in [3.05, 3.63) is 58.7 Å². The van der Waals surface area contributed by atoms with Gasteiger partial charge in [-0.1, -0.05) is 24.3 Å². The van der Waals surface area contributed by atoms with E-state index in [4.69, 9.17) is 24.4 Å². The SMILES string of the molecule is COc1ccc(CCCO)cc1CCOCCc1cc(CCCO)ccc1OC. The van der Waals surface area contributed by atoms with Crippen LogP contribution >= 0.6 is 0 Å². The van der Waals surface area contributed by atoms with Crippen molar-refractivity contribution < 1.29 is 24.4 Å². The van der Waals surface area contributed by atoms with E-state index in [9.17, 15) is 0 Å². The maximum absolute atomic E-state index is 9.02. The molecule has 0 radical (unpaired) electrons. The number of rotatable bonds is 14. The predicted octanol–water partition coefficient (Wildman–Crippen LogP) is 3.36. The van der Waals surface area contributed by atoms with Gasteiger partial charge in [0.1, 0.15) is 11.5 Å². The lowest BCUT2D eigenvalue weighted by Crippen LogP contribution is -2.06. The Hall–Kier alpha value is -2.08. The highest BCUT2D eigenvalue weighted by molar-refractivity contribution is 5.38. The van der Waals surface area contributed by atoms with Crippen molar-refractivity contribution in [2.45, 2.75) is 38.5 Å². The fourth-order valence-electron chi connectivity index (χ4n) is 3.40. The van der Waals surface area contributed by atoms with Gasteiger partial charge >= 0.3 is 0 Å². The van der Waals surface area contributed by atoms with E-state index < -0.39 is 0 Å². The van der Waals surface area contributed by atoms with Gasteiger partial charge in [-0.15, -0.1) is 0 Å². The van der Waals surface area contributed by atoms with Crippen molar-refractivity contribution in [3.63, 3.8) is 0 Å². The van der Waals surface area contributed by atoms with Gasteiger partial charge in [0.05, 0.1) is 27.4 Å². The smallest absolute Gasteiger partial charge is 0.122 e. The molecule has 0 saturated carbocycles. The summed E-state index contributed by atoms with van der Waals surface area (Å²) in [7, 11) is 3.37. The molecule has 2 N–H and O–H groups in total. The highest BCUT2D eigenvalue weighted by Gasteiger charge is 2.07. The largest absolute Gasteiger partial charge is 0.496 e. The molecule has 29 heavy (non-hydrogen) atoms. The number of methoxy groups -OCH3 is 2. The van der Waals surface area contributed by atoms with E-state index in [0.29, 0.717) is 13.2 Å². The van der Waals surface area contributed by atoms with Crippen LogP contribution in [-0.2, 0) is 30.4 Å². The van der Waals surface area contributed by atoms with Gasteiger partial charge < -0.3 is 24.4 Å². The third kappa shape index (κ3) is 7.69. The number of hydrogen-bond acceptors (Lipinski definition) is 5. The van der Waals surface area contributed by atoms with E-state index in [0.717, 1.165) is 61.2 Å². The van der Waals surface area contributed by atoms with Crippen molar-refractivity contribution in [2.75, 3.05) is 40.6 Å². The van der Waals surface area contributed by atoms with Crippen LogP contribution in [0.15, 0.2) is 36.4 Å². The molecule has 0 amide bonds. The Morgan fingerprint density at radius 1 is 0.655 bits per heavy atom. The standard InChI is InChI=1S/C24H34O5/c1-27-23-9-7-19(5-3-13-25)17-21(23)11-15-29-16-12-22-18-20(6-4-14-26)8-10-24(22)28-2/h7-10,17-18,25-26H,3-6,11-16H2,1-2H3. The molecule has 0 aromatic heterocycles. The fraction of sp³-hybridized carbons (Fsp3) is 0.500. The van der Waals surface area contributed by atoms with E-state index in [-0.39, 0.29) is 13.2 Å². The van der Waals surface area contributed by atoms with Gasteiger partial charge in [0.2, 0.25) is 0 Å². The van der Waals surface area contributed by atoms with Crippen LogP contribution in [0, 0.1) is 0 Å². The van der Waals surface area contributed by atoms with Crippen LogP contribution < -0.4 is 9.47 Å². The summed E-state index contributed by atoms with van der Waals surface area (Å²) in [6.07, 6.45) is 4.82. The summed E-state index contributed by atoms with van der Waals surface area (Å²) in [6, 6.07) is 12.4. The molecule has 0 aliphatic heterocycles. The van der Waals surface area contributed by atoms with Crippen molar-refractivity contribution in [2.24, 2.45) is 0 Å². The van der Waals surface area contributed by atoms with Crippen molar-refractivity contribution in [1.29, 1.82) is 0 Å². The molecule has 5 nitrogen and oxygen atoms in total. The second-order valence-corrected chi connectivity index (χ2v) is 7.06. The summed E-state index contributed by atoms with van der Waals surface area (Å²) in [5.41, 5.74) is 4.68. The molecule has 0 spiro atoms. The molecule has 0 atom stereocenters. The second-order valence-electron chi connectivity index (χ2n) is 7.06. The minimum absolute atomic E-state index is 0.204. The quantitative estimate of drug-likeness (QED) is 0.474. The zero-order valence-corrected chi connectivity index (χ0v) is 17.7. The Labute approximate surface area is 174 Å². The highest BCUT2D eigenvalue weighted by atomic mass is 16.5. The molecule has 2 aromatic rings. The van der Waals surface area contributed by atoms with Gasteiger partial charge in [0.15, 0.2) is 0 Å². The Kier molecular flexibility index (Phi) is 10.6. The van der Waals surface area contributed by atoms with Gasteiger partial charge in [-0.3, -0.25) is 0 Å². The van der Waals surface area contributed by atoms with Crippen LogP contribution in [0.5, 0.6) is 11.5 Å². The zero-order valence-electron chi connectivity index (χ0n) is 17.7. The molecule has 2 rings (SSSR count). The summed E-state index contributed by atoms with van der Waals surface area (Å²) in [5, 5.41) is 18.0. The summed E-state index contributed by atoms with van der Waals surface area (Å²) in [4.78, 5) is 0. The first-order valence-corrected chi connectivity index (χ1v) is 10.3. The number of benzene rings is 2. The summed E-state index contributed by atoms with van der Waals surface area (Å²) in [6.45, 7) is 1.64. The van der Waals surface area contributed by atoms with E-state index in [1.54, 1.807) is 14.2 Å². The normalized spacial score (nSPS) is 10.9. The molecule has 0 bridgehead atoms. The molecular weight excluding hydrogens is 368 g/mol. The second kappa shape index (κ2) is 13.2. The molecule has 5 heteroatoms. The molecule has 0 fully saturated rings. The van der Waals surface area contributed by atoms with Gasteiger partial charge in [0, 0.05) is 13.2 Å². The minimum Gasteiger partial charge on any atom is -0.496 e.